The summed E-state index contributed by atoms with van der Waals surface area (Å²) in [6, 6.07) is 6.11. The maximum absolute atomic E-state index is 12.4. The van der Waals surface area contributed by atoms with Crippen molar-refractivity contribution in [3.05, 3.63) is 62.0 Å². The number of rotatable bonds is 3. The molecule has 0 saturated heterocycles. The van der Waals surface area contributed by atoms with E-state index in [4.69, 9.17) is 11.6 Å². The molecule has 0 atom stereocenters. The molecule has 5 nitrogen and oxygen atoms in total. The summed E-state index contributed by atoms with van der Waals surface area (Å²) in [5, 5.41) is 11.7. The van der Waals surface area contributed by atoms with E-state index in [0.717, 1.165) is 24.8 Å². The predicted octanol–water partition coefficient (Wildman–Crippen LogP) is 2.57. The van der Waals surface area contributed by atoms with Gasteiger partial charge in [-0.25, -0.2) is 4.98 Å². The van der Waals surface area contributed by atoms with E-state index < -0.39 is 5.97 Å². The maximum Gasteiger partial charge on any atom is 0.260 e. The molecule has 0 fully saturated rings. The van der Waals surface area contributed by atoms with Crippen LogP contribution in [0.1, 0.15) is 38.6 Å². The van der Waals surface area contributed by atoms with Gasteiger partial charge >= 0.3 is 0 Å². The van der Waals surface area contributed by atoms with Crippen molar-refractivity contribution in [1.82, 2.24) is 9.97 Å². The van der Waals surface area contributed by atoms with Crippen molar-refractivity contribution in [3.8, 4) is 0 Å². The molecule has 0 amide bonds. The van der Waals surface area contributed by atoms with Crippen LogP contribution in [0.5, 0.6) is 0 Å². The second-order valence-corrected chi connectivity index (χ2v) is 7.34. The molecule has 2 heterocycles. The molecule has 0 saturated carbocycles. The molecule has 25 heavy (non-hydrogen) atoms. The first-order valence-electron chi connectivity index (χ1n) is 7.76. The van der Waals surface area contributed by atoms with Crippen LogP contribution < -0.4 is 10.7 Å². The molecule has 0 aliphatic heterocycles. The number of aromatic amines is 1. The van der Waals surface area contributed by atoms with Crippen LogP contribution in [-0.4, -0.2) is 15.9 Å². The Morgan fingerprint density at radius 2 is 2.04 bits per heavy atom. The fraction of sp³-hybridized carbons (Fsp3) is 0.167. The number of halogens is 1. The number of nitrogens with one attached hydrogen (secondary N) is 1. The zero-order chi connectivity index (χ0) is 17.6. The summed E-state index contributed by atoms with van der Waals surface area (Å²) in [5.74, 6) is -0.924. The first-order valence-corrected chi connectivity index (χ1v) is 8.96. The Hall–Kier alpha value is -2.44. The van der Waals surface area contributed by atoms with Gasteiger partial charge in [-0.15, -0.1) is 11.3 Å². The number of thiophene rings is 1. The van der Waals surface area contributed by atoms with Crippen LogP contribution in [0.4, 0.5) is 0 Å². The minimum atomic E-state index is -1.23. The van der Waals surface area contributed by atoms with Gasteiger partial charge in [-0.1, -0.05) is 35.9 Å². The minimum Gasteiger partial charge on any atom is -0.545 e. The first-order chi connectivity index (χ1) is 12.0. The number of carbonyl (C=O) groups is 1. The summed E-state index contributed by atoms with van der Waals surface area (Å²) < 4.78 is 0. The second-order valence-electron chi connectivity index (χ2n) is 5.85. The molecular weight excluding hydrogens is 360 g/mol. The fourth-order valence-electron chi connectivity index (χ4n) is 3.05. The number of carbonyl (C=O) groups excluding carboxylic acids is 1. The van der Waals surface area contributed by atoms with Crippen molar-refractivity contribution in [2.24, 2.45) is 0 Å². The van der Waals surface area contributed by atoms with Crippen LogP contribution in [0.2, 0.25) is 0 Å². The van der Waals surface area contributed by atoms with Crippen molar-refractivity contribution >= 4 is 50.2 Å². The summed E-state index contributed by atoms with van der Waals surface area (Å²) in [5.41, 5.74) is 1.75. The molecule has 1 aromatic carbocycles. The van der Waals surface area contributed by atoms with Crippen molar-refractivity contribution in [1.29, 1.82) is 0 Å². The summed E-state index contributed by atoms with van der Waals surface area (Å²) in [4.78, 5) is 32.4. The average Bonchev–Trinajstić information content (AvgIpc) is 3.15. The van der Waals surface area contributed by atoms with E-state index in [1.165, 1.54) is 17.0 Å². The quantitative estimate of drug-likeness (QED) is 0.766. The number of H-pyrrole nitrogens is 1. The third-order valence-corrected chi connectivity index (χ3v) is 5.71. The van der Waals surface area contributed by atoms with Crippen LogP contribution in [-0.2, 0) is 12.8 Å². The summed E-state index contributed by atoms with van der Waals surface area (Å²) >= 11 is 7.87. The average molecular weight is 372 g/mol. The van der Waals surface area contributed by atoms with E-state index >= 15 is 0 Å². The van der Waals surface area contributed by atoms with Crippen molar-refractivity contribution in [2.45, 2.75) is 19.3 Å². The maximum atomic E-state index is 12.4. The first kappa shape index (κ1) is 16.1. The van der Waals surface area contributed by atoms with Crippen LogP contribution in [0.25, 0.3) is 21.3 Å². The largest absolute Gasteiger partial charge is 0.545 e. The van der Waals surface area contributed by atoms with Gasteiger partial charge in [0, 0.05) is 4.88 Å². The molecule has 0 spiro atoms. The SMILES string of the molecule is O=C([O-])c1ccc(/C=C(\Cl)c2nc3sc4c(c3c(=O)[nH]2)CCC4)cc1. The Bertz CT molecular complexity index is 1080. The van der Waals surface area contributed by atoms with Gasteiger partial charge in [0.2, 0.25) is 0 Å². The molecule has 1 N–H and O–H groups in total. The van der Waals surface area contributed by atoms with E-state index in [0.29, 0.717) is 21.6 Å². The molecule has 3 aromatic rings. The zero-order valence-corrected chi connectivity index (χ0v) is 14.5. The smallest absolute Gasteiger partial charge is 0.260 e. The van der Waals surface area contributed by atoms with E-state index in [-0.39, 0.29) is 16.2 Å². The summed E-state index contributed by atoms with van der Waals surface area (Å²) in [6.45, 7) is 0. The van der Waals surface area contributed by atoms with Crippen LogP contribution >= 0.6 is 22.9 Å². The number of aryl methyl sites for hydroxylation is 2. The van der Waals surface area contributed by atoms with Crippen LogP contribution in [0.3, 0.4) is 0 Å². The number of aromatic carboxylic acids is 1. The lowest BCUT2D eigenvalue weighted by Gasteiger charge is -2.03. The minimum absolute atomic E-state index is 0.0920. The monoisotopic (exact) mass is 371 g/mol. The van der Waals surface area contributed by atoms with Crippen molar-refractivity contribution < 1.29 is 9.90 Å². The Morgan fingerprint density at radius 3 is 2.76 bits per heavy atom. The summed E-state index contributed by atoms with van der Waals surface area (Å²) in [6.07, 6.45) is 4.64. The molecular formula is C18H12ClN2O3S-. The topological polar surface area (TPSA) is 85.9 Å². The Labute approximate surface area is 151 Å². The van der Waals surface area contributed by atoms with Gasteiger partial charge in [0.05, 0.1) is 16.4 Å². The third kappa shape index (κ3) is 2.88. The molecule has 0 unspecified atom stereocenters. The van der Waals surface area contributed by atoms with Gasteiger partial charge in [-0.3, -0.25) is 4.79 Å². The molecule has 0 bridgehead atoms. The lowest BCUT2D eigenvalue weighted by atomic mass is 10.1. The Morgan fingerprint density at radius 1 is 1.28 bits per heavy atom. The van der Waals surface area contributed by atoms with Crippen molar-refractivity contribution in [2.75, 3.05) is 0 Å². The number of fused-ring (bicyclic) bond motifs is 3. The second kappa shape index (κ2) is 6.13. The highest BCUT2D eigenvalue weighted by Crippen LogP contribution is 2.35. The fourth-order valence-corrected chi connectivity index (χ4v) is 4.52. The number of carboxylic acids is 1. The van der Waals surface area contributed by atoms with Gasteiger partial charge in [-0.05, 0) is 42.0 Å². The Balaban J connectivity index is 1.73. The predicted molar refractivity (Wildman–Crippen MR) is 96.8 cm³/mol. The van der Waals surface area contributed by atoms with Gasteiger partial charge in [0.25, 0.3) is 5.56 Å². The molecule has 7 heteroatoms. The molecule has 1 aliphatic rings. The van der Waals surface area contributed by atoms with Gasteiger partial charge in [0.1, 0.15) is 4.83 Å². The van der Waals surface area contributed by atoms with Crippen LogP contribution in [0, 0.1) is 0 Å². The number of hydrogen-bond acceptors (Lipinski definition) is 5. The lowest BCUT2D eigenvalue weighted by Crippen LogP contribution is -2.21. The Kier molecular flexibility index (Phi) is 3.94. The summed E-state index contributed by atoms with van der Waals surface area (Å²) in [7, 11) is 0. The third-order valence-electron chi connectivity index (χ3n) is 4.24. The lowest BCUT2D eigenvalue weighted by molar-refractivity contribution is -0.255. The van der Waals surface area contributed by atoms with Gasteiger partial charge < -0.3 is 14.9 Å². The molecule has 2 aromatic heterocycles. The number of aromatic nitrogens is 2. The number of hydrogen-bond donors (Lipinski definition) is 1. The highest BCUT2D eigenvalue weighted by atomic mass is 35.5. The highest BCUT2D eigenvalue weighted by molar-refractivity contribution is 7.18. The molecule has 1 aliphatic carbocycles. The van der Waals surface area contributed by atoms with E-state index in [1.807, 2.05) is 0 Å². The van der Waals surface area contributed by atoms with E-state index in [1.54, 1.807) is 29.5 Å². The van der Waals surface area contributed by atoms with Gasteiger partial charge in [-0.2, -0.15) is 0 Å². The zero-order valence-electron chi connectivity index (χ0n) is 13.0. The molecule has 0 radical (unpaired) electrons. The molecule has 126 valence electrons. The normalized spacial score (nSPS) is 14.0. The van der Waals surface area contributed by atoms with E-state index in [2.05, 4.69) is 9.97 Å². The number of benzene rings is 1. The standard InChI is InChI=1S/C18H13ClN2O3S/c19-12(8-9-4-6-10(7-5-9)18(23)24)15-20-16(22)14-11-2-1-3-13(11)25-17(14)21-15/h4-8H,1-3H2,(H,23,24)(H,20,21,22)/p-1/b12-8-. The van der Waals surface area contributed by atoms with Crippen LogP contribution in [0.15, 0.2) is 29.1 Å². The van der Waals surface area contributed by atoms with Crippen molar-refractivity contribution in [3.63, 3.8) is 0 Å². The van der Waals surface area contributed by atoms with Gasteiger partial charge in [0.15, 0.2) is 5.82 Å². The number of carboxylic acid groups (broad SMARTS) is 1. The van der Waals surface area contributed by atoms with E-state index in [9.17, 15) is 14.7 Å². The number of nitrogens with zero attached hydrogens (tertiary/aromatic N) is 1. The molecule has 4 rings (SSSR count). The highest BCUT2D eigenvalue weighted by Gasteiger charge is 2.21.